The van der Waals surface area contributed by atoms with Gasteiger partial charge < -0.3 is 15.4 Å². The highest BCUT2D eigenvalue weighted by molar-refractivity contribution is 9.10. The first kappa shape index (κ1) is 15.3. The molecule has 2 rings (SSSR count). The van der Waals surface area contributed by atoms with E-state index in [0.717, 1.165) is 4.47 Å². The van der Waals surface area contributed by atoms with E-state index in [0.29, 0.717) is 24.3 Å². The smallest absolute Gasteiger partial charge is 0.255 e. The van der Waals surface area contributed by atoms with Gasteiger partial charge in [0.05, 0.1) is 16.8 Å². The molecular formula is C15H21BrN2O2. The number of hydrogen-bond donors (Lipinski definition) is 1. The van der Waals surface area contributed by atoms with Crippen LogP contribution in [0.3, 0.4) is 0 Å². The Morgan fingerprint density at radius 3 is 2.35 bits per heavy atom. The Kier molecular flexibility index (Phi) is 3.86. The molecule has 1 aliphatic rings. The number of nitrogens with zero attached hydrogens (tertiary/aromatic N) is 1. The number of hydrogen-bond acceptors (Lipinski definition) is 3. The zero-order valence-electron chi connectivity index (χ0n) is 12.4. The molecule has 1 amide bonds. The third-order valence-corrected chi connectivity index (χ3v) is 3.90. The summed E-state index contributed by atoms with van der Waals surface area (Å²) in [6.45, 7) is 9.14. The number of carbonyl (C=O) groups excluding carboxylic acids is 1. The second-order valence-electron chi connectivity index (χ2n) is 6.52. The highest BCUT2D eigenvalue weighted by atomic mass is 79.9. The lowest BCUT2D eigenvalue weighted by molar-refractivity contribution is -0.171. The molecule has 4 nitrogen and oxygen atoms in total. The molecule has 2 N–H and O–H groups in total. The van der Waals surface area contributed by atoms with E-state index in [9.17, 15) is 4.79 Å². The van der Waals surface area contributed by atoms with Crippen molar-refractivity contribution in [2.45, 2.75) is 38.9 Å². The minimum atomic E-state index is -0.357. The van der Waals surface area contributed by atoms with Crippen LogP contribution >= 0.6 is 15.9 Å². The molecule has 0 radical (unpaired) electrons. The summed E-state index contributed by atoms with van der Waals surface area (Å²) in [7, 11) is 0. The van der Waals surface area contributed by atoms with Crippen molar-refractivity contribution in [1.82, 2.24) is 4.90 Å². The van der Waals surface area contributed by atoms with Gasteiger partial charge in [-0.2, -0.15) is 0 Å². The summed E-state index contributed by atoms with van der Waals surface area (Å²) in [5, 5.41) is 0. The van der Waals surface area contributed by atoms with Crippen LogP contribution in [0.5, 0.6) is 0 Å². The molecule has 0 saturated carbocycles. The number of anilines is 1. The number of carbonyl (C=O) groups is 1. The largest absolute Gasteiger partial charge is 0.399 e. The normalized spacial score (nSPS) is 20.8. The second kappa shape index (κ2) is 5.04. The molecule has 5 heteroatoms. The molecule has 1 aromatic rings. The van der Waals surface area contributed by atoms with E-state index >= 15 is 0 Å². The van der Waals surface area contributed by atoms with Crippen LogP contribution in [0.25, 0.3) is 0 Å². The fourth-order valence-corrected chi connectivity index (χ4v) is 3.22. The maximum absolute atomic E-state index is 12.7. The lowest BCUT2D eigenvalue weighted by atomic mass is 9.98. The second-order valence-corrected chi connectivity index (χ2v) is 7.38. The number of rotatable bonds is 1. The van der Waals surface area contributed by atoms with Gasteiger partial charge in [-0.25, -0.2) is 0 Å². The van der Waals surface area contributed by atoms with Crippen LogP contribution in [0.4, 0.5) is 5.69 Å². The summed E-state index contributed by atoms with van der Waals surface area (Å²) < 4.78 is 6.76. The summed E-state index contributed by atoms with van der Waals surface area (Å²) in [6.07, 6.45) is 0. The van der Waals surface area contributed by atoms with Crippen LogP contribution < -0.4 is 5.73 Å². The summed E-state index contributed by atoms with van der Waals surface area (Å²) in [5.74, 6) is -0.0198. The van der Waals surface area contributed by atoms with Gasteiger partial charge >= 0.3 is 0 Å². The third kappa shape index (κ3) is 3.33. The molecule has 0 aromatic heterocycles. The topological polar surface area (TPSA) is 55.6 Å². The number of ether oxygens (including phenoxy) is 1. The van der Waals surface area contributed by atoms with Crippen molar-refractivity contribution < 1.29 is 9.53 Å². The molecule has 0 aliphatic carbocycles. The molecule has 20 heavy (non-hydrogen) atoms. The van der Waals surface area contributed by atoms with Crippen molar-refractivity contribution in [2.75, 3.05) is 18.8 Å². The zero-order valence-corrected chi connectivity index (χ0v) is 14.0. The van der Waals surface area contributed by atoms with Crippen molar-refractivity contribution in [1.29, 1.82) is 0 Å². The monoisotopic (exact) mass is 340 g/mol. The fraction of sp³-hybridized carbons (Fsp3) is 0.533. The number of nitrogens with two attached hydrogens (primary N) is 1. The van der Waals surface area contributed by atoms with Gasteiger partial charge in [0.2, 0.25) is 0 Å². The number of amides is 1. The van der Waals surface area contributed by atoms with Crippen molar-refractivity contribution in [3.63, 3.8) is 0 Å². The van der Waals surface area contributed by atoms with Gasteiger partial charge in [0.1, 0.15) is 0 Å². The summed E-state index contributed by atoms with van der Waals surface area (Å²) in [6, 6.07) is 5.29. The molecule has 1 aliphatic heterocycles. The van der Waals surface area contributed by atoms with Crippen LogP contribution in [-0.4, -0.2) is 35.1 Å². The summed E-state index contributed by atoms with van der Waals surface area (Å²) >= 11 is 3.42. The highest BCUT2D eigenvalue weighted by Crippen LogP contribution is 2.30. The van der Waals surface area contributed by atoms with Crippen LogP contribution in [0.2, 0.25) is 0 Å². The first-order chi connectivity index (χ1) is 9.10. The Morgan fingerprint density at radius 2 is 1.80 bits per heavy atom. The van der Waals surface area contributed by atoms with Crippen molar-refractivity contribution in [3.05, 3.63) is 28.2 Å². The molecule has 0 atom stereocenters. The van der Waals surface area contributed by atoms with Gasteiger partial charge in [-0.05, 0) is 61.8 Å². The Labute approximate surface area is 128 Å². The summed E-state index contributed by atoms with van der Waals surface area (Å²) in [5.41, 5.74) is 6.25. The van der Waals surface area contributed by atoms with E-state index in [1.165, 1.54) is 0 Å². The first-order valence-corrected chi connectivity index (χ1v) is 7.43. The maximum Gasteiger partial charge on any atom is 0.255 e. The third-order valence-electron chi connectivity index (χ3n) is 3.20. The Hall–Kier alpha value is -1.07. The summed E-state index contributed by atoms with van der Waals surface area (Å²) in [4.78, 5) is 14.6. The molecule has 0 bridgehead atoms. The molecule has 1 heterocycles. The van der Waals surface area contributed by atoms with Crippen molar-refractivity contribution in [3.8, 4) is 0 Å². The quantitative estimate of drug-likeness (QED) is 0.799. The van der Waals surface area contributed by atoms with Gasteiger partial charge in [-0.15, -0.1) is 0 Å². The van der Waals surface area contributed by atoms with E-state index in [-0.39, 0.29) is 17.1 Å². The molecule has 1 aromatic carbocycles. The molecule has 0 unspecified atom stereocenters. The van der Waals surface area contributed by atoms with Crippen LogP contribution in [-0.2, 0) is 4.74 Å². The average Bonchev–Trinajstić information content (AvgIpc) is 2.27. The van der Waals surface area contributed by atoms with Gasteiger partial charge in [-0.1, -0.05) is 0 Å². The van der Waals surface area contributed by atoms with Gasteiger partial charge in [-0.3, -0.25) is 4.79 Å². The zero-order chi connectivity index (χ0) is 15.1. The lowest BCUT2D eigenvalue weighted by Gasteiger charge is -2.47. The maximum atomic E-state index is 12.7. The molecule has 1 fully saturated rings. The lowest BCUT2D eigenvalue weighted by Crippen LogP contribution is -2.58. The van der Waals surface area contributed by atoms with E-state index in [1.807, 2.05) is 32.6 Å². The Bertz CT molecular complexity index is 525. The molecular weight excluding hydrogens is 320 g/mol. The van der Waals surface area contributed by atoms with E-state index in [4.69, 9.17) is 10.5 Å². The highest BCUT2D eigenvalue weighted by Gasteiger charge is 2.40. The predicted molar refractivity (Wildman–Crippen MR) is 83.7 cm³/mol. The van der Waals surface area contributed by atoms with Gasteiger partial charge in [0.25, 0.3) is 5.91 Å². The van der Waals surface area contributed by atoms with E-state index in [2.05, 4.69) is 15.9 Å². The van der Waals surface area contributed by atoms with Crippen molar-refractivity contribution >= 4 is 27.5 Å². The molecule has 1 saturated heterocycles. The standard InChI is InChI=1S/C15H21BrN2O2/c1-14(2)8-18(9-15(3,4)20-14)13(19)11-7-10(17)5-6-12(11)16/h5-7H,8-9,17H2,1-4H3. The minimum Gasteiger partial charge on any atom is -0.399 e. The predicted octanol–water partition coefficient (Wildman–Crippen LogP) is 3.06. The first-order valence-electron chi connectivity index (χ1n) is 6.64. The SMILES string of the molecule is CC1(C)CN(C(=O)c2cc(N)ccc2Br)CC(C)(C)O1. The average molecular weight is 341 g/mol. The Morgan fingerprint density at radius 1 is 1.25 bits per heavy atom. The minimum absolute atomic E-state index is 0.0198. The van der Waals surface area contributed by atoms with E-state index in [1.54, 1.807) is 18.2 Å². The van der Waals surface area contributed by atoms with Gasteiger partial charge in [0.15, 0.2) is 0 Å². The van der Waals surface area contributed by atoms with Crippen LogP contribution in [0, 0.1) is 0 Å². The number of benzene rings is 1. The van der Waals surface area contributed by atoms with E-state index < -0.39 is 0 Å². The fourth-order valence-electron chi connectivity index (χ4n) is 2.81. The van der Waals surface area contributed by atoms with Crippen LogP contribution in [0.15, 0.2) is 22.7 Å². The number of morpholine rings is 1. The van der Waals surface area contributed by atoms with Gasteiger partial charge in [0, 0.05) is 23.2 Å². The molecule has 110 valence electrons. The van der Waals surface area contributed by atoms with Crippen LogP contribution in [0.1, 0.15) is 38.1 Å². The Balaban J connectivity index is 2.31. The molecule has 0 spiro atoms. The number of halogens is 1. The number of nitrogen functional groups attached to an aromatic ring is 1. The van der Waals surface area contributed by atoms with Crippen molar-refractivity contribution in [2.24, 2.45) is 0 Å².